The van der Waals surface area contributed by atoms with Crippen LogP contribution in [-0.2, 0) is 22.4 Å². The van der Waals surface area contributed by atoms with Crippen LogP contribution in [0.1, 0.15) is 67.3 Å². The Balaban J connectivity index is 1.85. The molecular weight excluding hydrogens is 336 g/mol. The first-order chi connectivity index (χ1) is 11.8. The number of carbonyl (C=O) groups excluding carboxylic acids is 2. The predicted octanol–water partition coefficient (Wildman–Crippen LogP) is 3.51. The summed E-state index contributed by atoms with van der Waals surface area (Å²) in [6.45, 7) is 7.47. The lowest BCUT2D eigenvalue weighted by atomic mass is 9.69. The number of nitrogens with one attached hydrogen (secondary N) is 1. The Hall–Kier alpha value is -1.40. The molecule has 1 aromatic rings. The SMILES string of the molecule is CCC(C)(C)[C@@H]1CCc2c(sc(NC(=O)[C@@H]3CCCO3)c2C(N)=O)C1. The first kappa shape index (κ1) is 18.4. The largest absolute Gasteiger partial charge is 0.368 e. The highest BCUT2D eigenvalue weighted by atomic mass is 32.1. The van der Waals surface area contributed by atoms with E-state index in [9.17, 15) is 9.59 Å². The highest BCUT2D eigenvalue weighted by Crippen LogP contribution is 2.45. The van der Waals surface area contributed by atoms with Gasteiger partial charge in [0.2, 0.25) is 0 Å². The molecule has 0 unspecified atom stereocenters. The zero-order valence-corrected chi connectivity index (χ0v) is 16.1. The molecule has 2 aliphatic rings. The molecule has 0 aromatic carbocycles. The Morgan fingerprint density at radius 2 is 2.12 bits per heavy atom. The van der Waals surface area contributed by atoms with E-state index in [-0.39, 0.29) is 11.3 Å². The van der Waals surface area contributed by atoms with Crippen molar-refractivity contribution in [3.63, 3.8) is 0 Å². The second-order valence-corrected chi connectivity index (χ2v) is 8.95. The van der Waals surface area contributed by atoms with Crippen molar-refractivity contribution in [2.45, 2.75) is 65.4 Å². The molecule has 2 heterocycles. The van der Waals surface area contributed by atoms with E-state index in [1.807, 2.05) is 0 Å². The van der Waals surface area contributed by atoms with E-state index in [0.717, 1.165) is 44.1 Å². The number of hydrogen-bond donors (Lipinski definition) is 2. The standard InChI is InChI=1S/C19H28N2O3S/c1-4-19(2,3)11-7-8-12-14(10-11)25-18(15(12)16(20)22)21-17(23)13-6-5-9-24-13/h11,13H,4-10H2,1-3H3,(H2,20,22)(H,21,23)/t11-,13+/m1/s1. The van der Waals surface area contributed by atoms with E-state index in [4.69, 9.17) is 10.5 Å². The lowest BCUT2D eigenvalue weighted by molar-refractivity contribution is -0.124. The van der Waals surface area contributed by atoms with Gasteiger partial charge in [0.05, 0.1) is 5.56 Å². The summed E-state index contributed by atoms with van der Waals surface area (Å²) in [7, 11) is 0. The molecule has 3 N–H and O–H groups in total. The third-order valence-corrected chi connectivity index (χ3v) is 7.16. The van der Waals surface area contributed by atoms with Crippen LogP contribution < -0.4 is 11.1 Å². The number of thiophene rings is 1. The van der Waals surface area contributed by atoms with Gasteiger partial charge in [0, 0.05) is 11.5 Å². The molecule has 3 rings (SSSR count). The zero-order chi connectivity index (χ0) is 18.2. The molecule has 138 valence electrons. The molecule has 1 aliphatic heterocycles. The number of carbonyl (C=O) groups is 2. The Morgan fingerprint density at radius 3 is 2.72 bits per heavy atom. The Kier molecular flexibility index (Phi) is 5.21. The van der Waals surface area contributed by atoms with E-state index in [1.54, 1.807) is 0 Å². The molecule has 2 atom stereocenters. The minimum Gasteiger partial charge on any atom is -0.368 e. The number of rotatable bonds is 5. The molecule has 25 heavy (non-hydrogen) atoms. The fraction of sp³-hybridized carbons (Fsp3) is 0.684. The van der Waals surface area contributed by atoms with Crippen LogP contribution in [0.2, 0.25) is 0 Å². The maximum atomic E-state index is 12.4. The molecule has 1 saturated heterocycles. The number of primary amides is 1. The van der Waals surface area contributed by atoms with Crippen LogP contribution in [-0.4, -0.2) is 24.5 Å². The van der Waals surface area contributed by atoms with Crippen LogP contribution in [0, 0.1) is 11.3 Å². The second-order valence-electron chi connectivity index (χ2n) is 7.84. The van der Waals surface area contributed by atoms with Gasteiger partial charge in [-0.1, -0.05) is 27.2 Å². The third-order valence-electron chi connectivity index (χ3n) is 5.99. The van der Waals surface area contributed by atoms with Crippen LogP contribution in [0.5, 0.6) is 0 Å². The minimum absolute atomic E-state index is 0.163. The number of nitrogens with two attached hydrogens (primary N) is 1. The van der Waals surface area contributed by atoms with Gasteiger partial charge in [-0.3, -0.25) is 9.59 Å². The van der Waals surface area contributed by atoms with Crippen molar-refractivity contribution in [2.75, 3.05) is 11.9 Å². The monoisotopic (exact) mass is 364 g/mol. The molecule has 0 spiro atoms. The molecule has 1 aromatic heterocycles. The smallest absolute Gasteiger partial charge is 0.254 e. The lowest BCUT2D eigenvalue weighted by Gasteiger charge is -2.36. The zero-order valence-electron chi connectivity index (χ0n) is 15.3. The molecule has 0 bridgehead atoms. The summed E-state index contributed by atoms with van der Waals surface area (Å²) < 4.78 is 5.44. The van der Waals surface area contributed by atoms with Crippen LogP contribution in [0.15, 0.2) is 0 Å². The number of fused-ring (bicyclic) bond motifs is 1. The van der Waals surface area contributed by atoms with E-state index in [1.165, 1.54) is 16.2 Å². The molecule has 0 radical (unpaired) electrons. The van der Waals surface area contributed by atoms with Gasteiger partial charge >= 0.3 is 0 Å². The fourth-order valence-corrected chi connectivity index (χ4v) is 5.20. The molecular formula is C19H28N2O3S. The number of amides is 2. The number of hydrogen-bond acceptors (Lipinski definition) is 4. The lowest BCUT2D eigenvalue weighted by Crippen LogP contribution is -2.29. The van der Waals surface area contributed by atoms with Gasteiger partial charge in [-0.25, -0.2) is 0 Å². The van der Waals surface area contributed by atoms with Gasteiger partial charge < -0.3 is 15.8 Å². The fourth-order valence-electron chi connectivity index (χ4n) is 3.87. The average Bonchev–Trinajstić information content (AvgIpc) is 3.21. The van der Waals surface area contributed by atoms with E-state index < -0.39 is 12.0 Å². The van der Waals surface area contributed by atoms with Crippen LogP contribution in [0.25, 0.3) is 0 Å². The van der Waals surface area contributed by atoms with Gasteiger partial charge in [0.25, 0.3) is 11.8 Å². The van der Waals surface area contributed by atoms with Crippen molar-refractivity contribution in [2.24, 2.45) is 17.1 Å². The van der Waals surface area contributed by atoms with E-state index in [2.05, 4.69) is 26.1 Å². The third kappa shape index (κ3) is 3.60. The summed E-state index contributed by atoms with van der Waals surface area (Å²) in [5.41, 5.74) is 7.48. The normalized spacial score (nSPS) is 23.3. The summed E-state index contributed by atoms with van der Waals surface area (Å²) >= 11 is 1.52. The van der Waals surface area contributed by atoms with Gasteiger partial charge in [-0.2, -0.15) is 0 Å². The Morgan fingerprint density at radius 1 is 1.36 bits per heavy atom. The molecule has 6 heteroatoms. The molecule has 1 fully saturated rings. The van der Waals surface area contributed by atoms with Crippen LogP contribution >= 0.6 is 11.3 Å². The first-order valence-corrected chi connectivity index (χ1v) is 10.0. The molecule has 5 nitrogen and oxygen atoms in total. The molecule has 1 aliphatic carbocycles. The van der Waals surface area contributed by atoms with Gasteiger partial charge in [0.1, 0.15) is 11.1 Å². The van der Waals surface area contributed by atoms with Crippen molar-refractivity contribution >= 4 is 28.2 Å². The maximum Gasteiger partial charge on any atom is 0.254 e. The summed E-state index contributed by atoms with van der Waals surface area (Å²) in [4.78, 5) is 25.6. The summed E-state index contributed by atoms with van der Waals surface area (Å²) in [5.74, 6) is -0.0246. The van der Waals surface area contributed by atoms with Gasteiger partial charge in [-0.05, 0) is 49.0 Å². The van der Waals surface area contributed by atoms with Crippen molar-refractivity contribution < 1.29 is 14.3 Å². The van der Waals surface area contributed by atoms with Gasteiger partial charge in [-0.15, -0.1) is 11.3 Å². The van der Waals surface area contributed by atoms with Crippen molar-refractivity contribution in [1.29, 1.82) is 0 Å². The van der Waals surface area contributed by atoms with Crippen molar-refractivity contribution in [3.8, 4) is 0 Å². The number of anilines is 1. The quantitative estimate of drug-likeness (QED) is 0.839. The van der Waals surface area contributed by atoms with Crippen molar-refractivity contribution in [3.05, 3.63) is 16.0 Å². The molecule has 2 amide bonds. The van der Waals surface area contributed by atoms with E-state index in [0.29, 0.717) is 23.1 Å². The summed E-state index contributed by atoms with van der Waals surface area (Å²) in [6, 6.07) is 0. The second kappa shape index (κ2) is 7.08. The highest BCUT2D eigenvalue weighted by Gasteiger charge is 2.35. The summed E-state index contributed by atoms with van der Waals surface area (Å²) in [5, 5.41) is 3.52. The predicted molar refractivity (Wildman–Crippen MR) is 100 cm³/mol. The molecule has 0 saturated carbocycles. The Bertz CT molecular complexity index is 674. The maximum absolute atomic E-state index is 12.4. The number of ether oxygens (including phenoxy) is 1. The van der Waals surface area contributed by atoms with E-state index >= 15 is 0 Å². The Labute approximate surface area is 153 Å². The summed E-state index contributed by atoms with van der Waals surface area (Å²) in [6.07, 6.45) is 5.22. The highest BCUT2D eigenvalue weighted by molar-refractivity contribution is 7.17. The first-order valence-electron chi connectivity index (χ1n) is 9.20. The topological polar surface area (TPSA) is 81.4 Å². The van der Waals surface area contributed by atoms with Gasteiger partial charge in [0.15, 0.2) is 0 Å². The minimum atomic E-state index is -0.451. The average molecular weight is 365 g/mol. The van der Waals surface area contributed by atoms with Crippen molar-refractivity contribution in [1.82, 2.24) is 0 Å². The van der Waals surface area contributed by atoms with Crippen LogP contribution in [0.3, 0.4) is 0 Å². The van der Waals surface area contributed by atoms with Crippen LogP contribution in [0.4, 0.5) is 5.00 Å².